The molecule has 13 heteroatoms. The maximum atomic E-state index is 12.7. The zero-order valence-corrected chi connectivity index (χ0v) is 27.0. The fourth-order valence-electron chi connectivity index (χ4n) is 5.12. The molecule has 3 heterocycles. The number of halogens is 3. The highest BCUT2D eigenvalue weighted by Crippen LogP contribution is 2.37. The summed E-state index contributed by atoms with van der Waals surface area (Å²) in [4.78, 5) is 36.6. The van der Waals surface area contributed by atoms with Gasteiger partial charge >= 0.3 is 18.1 Å². The summed E-state index contributed by atoms with van der Waals surface area (Å²) in [6.07, 6.45) is -3.08. The lowest BCUT2D eigenvalue weighted by Gasteiger charge is -2.25. The van der Waals surface area contributed by atoms with Crippen molar-refractivity contribution in [1.29, 1.82) is 0 Å². The van der Waals surface area contributed by atoms with Crippen molar-refractivity contribution < 1.29 is 42.0 Å². The lowest BCUT2D eigenvalue weighted by molar-refractivity contribution is -0.286. The third kappa shape index (κ3) is 9.37. The first-order valence-corrected chi connectivity index (χ1v) is 15.3. The number of nitrogens with zero attached hydrogens (tertiary/aromatic N) is 3. The molecule has 1 aliphatic rings. The van der Waals surface area contributed by atoms with Gasteiger partial charge in [-0.15, -0.1) is 0 Å². The van der Waals surface area contributed by atoms with E-state index in [0.29, 0.717) is 35.9 Å². The molecule has 1 N–H and O–H groups in total. The summed E-state index contributed by atoms with van der Waals surface area (Å²) in [5.41, 5.74) is 4.01. The molecule has 1 atom stereocenters. The monoisotopic (exact) mass is 646 g/mol. The van der Waals surface area contributed by atoms with Crippen LogP contribution in [0, 0.1) is 0 Å². The van der Waals surface area contributed by atoms with Crippen LogP contribution in [-0.2, 0) is 51.1 Å². The number of carbonyl (C=O) groups excluding carboxylic acids is 2. The number of ether oxygens (including phenoxy) is 2. The second-order valence-corrected chi connectivity index (χ2v) is 12.6. The molecule has 1 unspecified atom stereocenters. The summed E-state index contributed by atoms with van der Waals surface area (Å²) in [7, 11) is 1.73. The van der Waals surface area contributed by atoms with Crippen LogP contribution in [0.3, 0.4) is 0 Å². The molecule has 3 aromatic rings. The molecular weight excluding hydrogens is 605 g/mol. The predicted molar refractivity (Wildman–Crippen MR) is 164 cm³/mol. The van der Waals surface area contributed by atoms with Gasteiger partial charge in [0, 0.05) is 37.7 Å². The van der Waals surface area contributed by atoms with Gasteiger partial charge in [-0.2, -0.15) is 18.3 Å². The summed E-state index contributed by atoms with van der Waals surface area (Å²) >= 11 is 0. The molecule has 0 fully saturated rings. The minimum absolute atomic E-state index is 0.180. The maximum Gasteiger partial charge on any atom is 0.495 e. The topological polar surface area (TPSA) is 114 Å². The van der Waals surface area contributed by atoms with Gasteiger partial charge in [0.05, 0.1) is 24.8 Å². The molecule has 0 saturated carbocycles. The van der Waals surface area contributed by atoms with Gasteiger partial charge in [0.15, 0.2) is 0 Å². The lowest BCUT2D eigenvalue weighted by atomic mass is 9.82. The predicted octanol–water partition coefficient (Wildman–Crippen LogP) is 6.16. The molecule has 0 bridgehead atoms. The zero-order chi connectivity index (χ0) is 33.6. The Balaban J connectivity index is 1.54. The second kappa shape index (κ2) is 14.4. The first-order chi connectivity index (χ1) is 21.6. The number of carbonyl (C=O) groups is 2. The molecule has 0 spiro atoms. The standard InChI is InChI=1S/C33H41F3N4O6/c1-20(2)44-27-12-10-23(32(3,4)5)18-26(27)22(17-29(41)45-46-31(42)33(34,35)36)16-25-19-28(40(6)39-25)43-15-13-24-11-9-21-8-7-14-37-30(21)38-24/h9-12,18-20,22H,7-8,13-17H2,1-6H3,(H,37,38). The second-order valence-electron chi connectivity index (χ2n) is 12.6. The number of hydrogen-bond acceptors (Lipinski definition) is 9. The Bertz CT molecular complexity index is 1530. The minimum atomic E-state index is -5.31. The van der Waals surface area contributed by atoms with Gasteiger partial charge in [0.1, 0.15) is 11.6 Å². The van der Waals surface area contributed by atoms with E-state index in [-0.39, 0.29) is 17.9 Å². The van der Waals surface area contributed by atoms with Crippen molar-refractivity contribution in [3.63, 3.8) is 0 Å². The fraction of sp³-hybridized carbons (Fsp3) is 0.515. The summed E-state index contributed by atoms with van der Waals surface area (Å²) in [5, 5.41) is 7.91. The van der Waals surface area contributed by atoms with Gasteiger partial charge in [-0.3, -0.25) is 0 Å². The third-order valence-electron chi connectivity index (χ3n) is 7.44. The minimum Gasteiger partial charge on any atom is -0.491 e. The zero-order valence-electron chi connectivity index (χ0n) is 27.0. The van der Waals surface area contributed by atoms with Crippen LogP contribution in [0.15, 0.2) is 36.4 Å². The number of hydrogen-bond donors (Lipinski definition) is 1. The normalized spacial score (nSPS) is 13.9. The average Bonchev–Trinajstić information content (AvgIpc) is 3.32. The number of aromatic nitrogens is 3. The van der Waals surface area contributed by atoms with Crippen molar-refractivity contribution in [2.45, 2.75) is 90.3 Å². The molecule has 250 valence electrons. The molecule has 4 rings (SSSR count). The van der Waals surface area contributed by atoms with E-state index in [0.717, 1.165) is 36.5 Å². The van der Waals surface area contributed by atoms with Crippen molar-refractivity contribution in [2.24, 2.45) is 7.05 Å². The fourth-order valence-corrected chi connectivity index (χ4v) is 5.12. The van der Waals surface area contributed by atoms with Crippen LogP contribution in [0.1, 0.15) is 81.5 Å². The van der Waals surface area contributed by atoms with E-state index in [1.807, 2.05) is 58.9 Å². The molecule has 0 aliphatic carbocycles. The van der Waals surface area contributed by atoms with Crippen LogP contribution in [0.4, 0.5) is 19.0 Å². The smallest absolute Gasteiger partial charge is 0.491 e. The van der Waals surface area contributed by atoms with E-state index in [2.05, 4.69) is 26.3 Å². The quantitative estimate of drug-likeness (QED) is 0.193. The number of fused-ring (bicyclic) bond motifs is 1. The van der Waals surface area contributed by atoms with E-state index < -0.39 is 30.5 Å². The van der Waals surface area contributed by atoms with Gasteiger partial charge in [0.2, 0.25) is 5.88 Å². The Morgan fingerprint density at radius 2 is 1.80 bits per heavy atom. The molecule has 46 heavy (non-hydrogen) atoms. The van der Waals surface area contributed by atoms with Crippen LogP contribution in [0.5, 0.6) is 11.6 Å². The molecular formula is C33H41F3N4O6. The first kappa shape index (κ1) is 34.6. The summed E-state index contributed by atoms with van der Waals surface area (Å²) < 4.78 is 51.6. The molecule has 2 aromatic heterocycles. The van der Waals surface area contributed by atoms with Crippen molar-refractivity contribution >= 4 is 17.8 Å². The van der Waals surface area contributed by atoms with Crippen LogP contribution in [0.2, 0.25) is 0 Å². The Morgan fingerprint density at radius 3 is 2.50 bits per heavy atom. The lowest BCUT2D eigenvalue weighted by Crippen LogP contribution is -2.27. The van der Waals surface area contributed by atoms with Crippen LogP contribution < -0.4 is 14.8 Å². The number of nitrogens with one attached hydrogen (secondary N) is 1. The Morgan fingerprint density at radius 1 is 1.04 bits per heavy atom. The van der Waals surface area contributed by atoms with Crippen molar-refractivity contribution in [3.8, 4) is 11.6 Å². The van der Waals surface area contributed by atoms with E-state index >= 15 is 0 Å². The molecule has 10 nitrogen and oxygen atoms in total. The van der Waals surface area contributed by atoms with Gasteiger partial charge < -0.3 is 14.8 Å². The summed E-state index contributed by atoms with van der Waals surface area (Å²) in [6.45, 7) is 11.1. The molecule has 1 aromatic carbocycles. The van der Waals surface area contributed by atoms with Gasteiger partial charge in [-0.05, 0) is 67.3 Å². The van der Waals surface area contributed by atoms with Crippen molar-refractivity contribution in [3.05, 3.63) is 64.5 Å². The highest BCUT2D eigenvalue weighted by atomic mass is 19.4. The Hall–Kier alpha value is -4.29. The molecule has 0 amide bonds. The van der Waals surface area contributed by atoms with Crippen molar-refractivity contribution in [2.75, 3.05) is 18.5 Å². The van der Waals surface area contributed by atoms with E-state index in [1.165, 1.54) is 5.56 Å². The van der Waals surface area contributed by atoms with Crippen LogP contribution in [-0.4, -0.2) is 52.1 Å². The number of alkyl halides is 3. The number of rotatable bonds is 11. The summed E-state index contributed by atoms with van der Waals surface area (Å²) in [6, 6.07) is 11.5. The van der Waals surface area contributed by atoms with E-state index in [9.17, 15) is 22.8 Å². The van der Waals surface area contributed by atoms with Crippen molar-refractivity contribution in [1.82, 2.24) is 14.8 Å². The highest BCUT2D eigenvalue weighted by Gasteiger charge is 2.43. The van der Waals surface area contributed by atoms with Gasteiger partial charge in [-0.25, -0.2) is 29.0 Å². The van der Waals surface area contributed by atoms with Crippen LogP contribution in [0.25, 0.3) is 0 Å². The number of pyridine rings is 1. The SMILES string of the molecule is CC(C)Oc1ccc(C(C)(C)C)cc1C(CC(=O)OOC(=O)C(F)(F)F)Cc1cc(OCCc2ccc3c(n2)NCCC3)n(C)n1. The highest BCUT2D eigenvalue weighted by molar-refractivity contribution is 5.77. The number of aryl methyl sites for hydroxylation is 2. The largest absolute Gasteiger partial charge is 0.495 e. The Kier molecular flexibility index (Phi) is 10.8. The van der Waals surface area contributed by atoms with Crippen LogP contribution >= 0.6 is 0 Å². The molecule has 0 radical (unpaired) electrons. The number of benzene rings is 1. The van der Waals surface area contributed by atoms with Gasteiger partial charge in [-0.1, -0.05) is 39.0 Å². The molecule has 0 saturated heterocycles. The van der Waals surface area contributed by atoms with Gasteiger partial charge in [0.25, 0.3) is 0 Å². The summed E-state index contributed by atoms with van der Waals surface area (Å²) in [5.74, 6) is -2.52. The number of anilines is 1. The maximum absolute atomic E-state index is 12.7. The average molecular weight is 647 g/mol. The third-order valence-corrected chi connectivity index (χ3v) is 7.44. The van der Waals surface area contributed by atoms with E-state index in [4.69, 9.17) is 14.5 Å². The first-order valence-electron chi connectivity index (χ1n) is 15.3. The molecule has 1 aliphatic heterocycles. The Labute approximate surface area is 266 Å². The van der Waals surface area contributed by atoms with E-state index in [1.54, 1.807) is 17.8 Å².